The van der Waals surface area contributed by atoms with Crippen molar-refractivity contribution < 1.29 is 14.2 Å². The van der Waals surface area contributed by atoms with E-state index in [1.807, 2.05) is 36.4 Å². The average molecular weight is 505 g/mol. The predicted molar refractivity (Wildman–Crippen MR) is 157 cm³/mol. The molecule has 0 fully saturated rings. The second-order valence-corrected chi connectivity index (χ2v) is 10.1. The van der Waals surface area contributed by atoms with Gasteiger partial charge in [-0.1, -0.05) is 121 Å². The fraction of sp³-hybridized carbons (Fsp3) is 0.529. The lowest BCUT2D eigenvalue weighted by molar-refractivity contribution is 0.294. The Morgan fingerprint density at radius 3 is 1.70 bits per heavy atom. The Morgan fingerprint density at radius 1 is 0.459 bits per heavy atom. The van der Waals surface area contributed by atoms with Crippen molar-refractivity contribution in [3.8, 4) is 23.0 Å². The smallest absolute Gasteiger partial charge is 0.169 e. The van der Waals surface area contributed by atoms with Gasteiger partial charge < -0.3 is 14.2 Å². The van der Waals surface area contributed by atoms with Crippen molar-refractivity contribution in [2.24, 2.45) is 0 Å². The minimum atomic E-state index is 0.696. The van der Waals surface area contributed by atoms with Crippen LogP contribution >= 0.6 is 0 Å². The van der Waals surface area contributed by atoms with Crippen LogP contribution in [-0.4, -0.2) is 13.2 Å². The third kappa shape index (κ3) is 10.3. The quantitative estimate of drug-likeness (QED) is 0.143. The Kier molecular flexibility index (Phi) is 13.8. The first-order chi connectivity index (χ1) is 18.3. The zero-order valence-electron chi connectivity index (χ0n) is 23.3. The molecule has 3 nitrogen and oxygen atoms in total. The molecule has 0 amide bonds. The molecule has 0 aliphatic rings. The van der Waals surface area contributed by atoms with Crippen molar-refractivity contribution in [1.82, 2.24) is 0 Å². The molecule has 37 heavy (non-hydrogen) atoms. The highest BCUT2D eigenvalue weighted by Gasteiger charge is 2.14. The van der Waals surface area contributed by atoms with Crippen LogP contribution in [0.5, 0.6) is 23.0 Å². The molecule has 3 rings (SSSR count). The molecule has 3 heteroatoms. The summed E-state index contributed by atoms with van der Waals surface area (Å²) >= 11 is 0. The van der Waals surface area contributed by atoms with Gasteiger partial charge in [0.25, 0.3) is 0 Å². The molecular weight excluding hydrogens is 456 g/mol. The maximum atomic E-state index is 6.41. The molecular formula is C34H48O3. The first-order valence-corrected chi connectivity index (χ1v) is 14.9. The highest BCUT2D eigenvalue weighted by Crippen LogP contribution is 2.41. The molecule has 0 atom stereocenters. The topological polar surface area (TPSA) is 27.7 Å². The molecule has 0 N–H and O–H groups in total. The number of para-hydroxylation sites is 1. The molecule has 0 bridgehead atoms. The van der Waals surface area contributed by atoms with E-state index in [-0.39, 0.29) is 0 Å². The molecule has 0 aromatic heterocycles. The molecule has 202 valence electrons. The molecule has 0 unspecified atom stereocenters. The van der Waals surface area contributed by atoms with Gasteiger partial charge in [-0.05, 0) is 43.2 Å². The minimum absolute atomic E-state index is 0.696. The molecule has 0 saturated heterocycles. The zero-order valence-corrected chi connectivity index (χ0v) is 23.3. The van der Waals surface area contributed by atoms with E-state index >= 15 is 0 Å². The maximum absolute atomic E-state index is 6.41. The second kappa shape index (κ2) is 17.7. The molecule has 0 radical (unpaired) electrons. The predicted octanol–water partition coefficient (Wildman–Crippen LogP) is 10.9. The Balaban J connectivity index is 1.64. The Bertz CT molecular complexity index is 999. The van der Waals surface area contributed by atoms with Crippen LogP contribution in [0.25, 0.3) is 10.8 Å². The van der Waals surface area contributed by atoms with Gasteiger partial charge in [0.2, 0.25) is 0 Å². The monoisotopic (exact) mass is 504 g/mol. The summed E-state index contributed by atoms with van der Waals surface area (Å²) in [6.07, 6.45) is 17.8. The van der Waals surface area contributed by atoms with Crippen molar-refractivity contribution >= 4 is 10.8 Å². The summed E-state index contributed by atoms with van der Waals surface area (Å²) in [5, 5.41) is 2.13. The largest absolute Gasteiger partial charge is 0.493 e. The lowest BCUT2D eigenvalue weighted by Gasteiger charge is -2.17. The zero-order chi connectivity index (χ0) is 26.0. The Morgan fingerprint density at radius 2 is 1.05 bits per heavy atom. The van der Waals surface area contributed by atoms with Crippen LogP contribution in [0.4, 0.5) is 0 Å². The van der Waals surface area contributed by atoms with E-state index in [1.54, 1.807) is 0 Å². The Hall–Kier alpha value is -2.68. The summed E-state index contributed by atoms with van der Waals surface area (Å²) in [5.41, 5.74) is 0. The number of benzene rings is 3. The second-order valence-electron chi connectivity index (χ2n) is 10.1. The summed E-state index contributed by atoms with van der Waals surface area (Å²) < 4.78 is 18.9. The molecule has 0 aliphatic carbocycles. The van der Waals surface area contributed by atoms with Gasteiger partial charge in [0.05, 0.1) is 13.2 Å². The minimum Gasteiger partial charge on any atom is -0.493 e. The number of hydrogen-bond donors (Lipinski definition) is 0. The van der Waals surface area contributed by atoms with Crippen LogP contribution in [-0.2, 0) is 0 Å². The van der Waals surface area contributed by atoms with E-state index in [4.69, 9.17) is 14.2 Å². The van der Waals surface area contributed by atoms with Crippen molar-refractivity contribution in [2.75, 3.05) is 13.2 Å². The average Bonchev–Trinajstić information content (AvgIpc) is 2.93. The fourth-order valence-electron chi connectivity index (χ4n) is 4.73. The van der Waals surface area contributed by atoms with Crippen LogP contribution in [0.15, 0.2) is 60.7 Å². The molecule has 0 saturated carbocycles. The van der Waals surface area contributed by atoms with E-state index in [0.29, 0.717) is 6.61 Å². The van der Waals surface area contributed by atoms with Gasteiger partial charge in [-0.3, -0.25) is 0 Å². The van der Waals surface area contributed by atoms with Crippen LogP contribution in [0.1, 0.15) is 104 Å². The van der Waals surface area contributed by atoms with Crippen molar-refractivity contribution in [1.29, 1.82) is 0 Å². The van der Waals surface area contributed by atoms with Crippen molar-refractivity contribution in [3.63, 3.8) is 0 Å². The standard InChI is InChI=1S/C34H48O3/c1-3-5-7-9-11-13-18-27-35-32-24-20-23-31-30(32)25-26-33(37-29-21-16-15-17-22-29)34(31)36-28-19-14-12-10-8-6-4-2/h15-17,20-26H,3-14,18-19,27-28H2,1-2H3. The summed E-state index contributed by atoms with van der Waals surface area (Å²) in [7, 11) is 0. The van der Waals surface area contributed by atoms with E-state index in [2.05, 4.69) is 38.1 Å². The number of ether oxygens (including phenoxy) is 3. The van der Waals surface area contributed by atoms with E-state index in [9.17, 15) is 0 Å². The number of unbranched alkanes of at least 4 members (excludes halogenated alkanes) is 12. The van der Waals surface area contributed by atoms with Crippen LogP contribution in [0.3, 0.4) is 0 Å². The number of fused-ring (bicyclic) bond motifs is 1. The maximum Gasteiger partial charge on any atom is 0.169 e. The molecule has 3 aromatic carbocycles. The van der Waals surface area contributed by atoms with Crippen molar-refractivity contribution in [2.45, 2.75) is 104 Å². The SMILES string of the molecule is CCCCCCCCCOc1cccc2c(OCCCCCCCCC)c(Oc3ccccc3)ccc12. The highest BCUT2D eigenvalue weighted by molar-refractivity contribution is 5.95. The van der Waals surface area contributed by atoms with Gasteiger partial charge in [-0.2, -0.15) is 0 Å². The van der Waals surface area contributed by atoms with E-state index < -0.39 is 0 Å². The number of rotatable bonds is 20. The summed E-state index contributed by atoms with van der Waals surface area (Å²) in [6.45, 7) is 5.98. The van der Waals surface area contributed by atoms with E-state index in [0.717, 1.165) is 53.2 Å². The number of hydrogen-bond acceptors (Lipinski definition) is 3. The lowest BCUT2D eigenvalue weighted by Crippen LogP contribution is -2.02. The van der Waals surface area contributed by atoms with Gasteiger partial charge in [-0.15, -0.1) is 0 Å². The third-order valence-electron chi connectivity index (χ3n) is 6.91. The van der Waals surface area contributed by atoms with Gasteiger partial charge in [0, 0.05) is 10.8 Å². The van der Waals surface area contributed by atoms with Gasteiger partial charge in [0.1, 0.15) is 11.5 Å². The van der Waals surface area contributed by atoms with Gasteiger partial charge in [-0.25, -0.2) is 0 Å². The molecule has 0 heterocycles. The summed E-state index contributed by atoms with van der Waals surface area (Å²) in [6, 6.07) is 20.3. The summed E-state index contributed by atoms with van der Waals surface area (Å²) in [5.74, 6) is 3.31. The first-order valence-electron chi connectivity index (χ1n) is 14.9. The third-order valence-corrected chi connectivity index (χ3v) is 6.91. The molecule has 0 aliphatic heterocycles. The molecule has 3 aromatic rings. The fourth-order valence-corrected chi connectivity index (χ4v) is 4.73. The normalized spacial score (nSPS) is 11.1. The van der Waals surface area contributed by atoms with Gasteiger partial charge in [0.15, 0.2) is 11.5 Å². The first kappa shape index (κ1) is 28.9. The Labute approximate surface area is 225 Å². The lowest BCUT2D eigenvalue weighted by atomic mass is 10.1. The van der Waals surface area contributed by atoms with Gasteiger partial charge >= 0.3 is 0 Å². The van der Waals surface area contributed by atoms with E-state index in [1.165, 1.54) is 77.0 Å². The highest BCUT2D eigenvalue weighted by atomic mass is 16.5. The van der Waals surface area contributed by atoms with Crippen molar-refractivity contribution in [3.05, 3.63) is 60.7 Å². The van der Waals surface area contributed by atoms with Crippen LogP contribution < -0.4 is 14.2 Å². The molecule has 0 spiro atoms. The van der Waals surface area contributed by atoms with Crippen LogP contribution in [0.2, 0.25) is 0 Å². The summed E-state index contributed by atoms with van der Waals surface area (Å²) in [4.78, 5) is 0. The van der Waals surface area contributed by atoms with Crippen LogP contribution in [0, 0.1) is 0 Å².